The van der Waals surface area contributed by atoms with Crippen LogP contribution in [0.5, 0.6) is 5.75 Å². The number of alkyl halides is 3. The van der Waals surface area contributed by atoms with Gasteiger partial charge in [-0.05, 0) is 55.3 Å². The van der Waals surface area contributed by atoms with E-state index in [1.807, 2.05) is 0 Å². The van der Waals surface area contributed by atoms with Gasteiger partial charge in [0, 0.05) is 24.7 Å². The van der Waals surface area contributed by atoms with E-state index in [4.69, 9.17) is 0 Å². The van der Waals surface area contributed by atoms with E-state index in [-0.39, 0.29) is 23.4 Å². The maximum Gasteiger partial charge on any atom is 0.573 e. The van der Waals surface area contributed by atoms with Crippen molar-refractivity contribution in [1.29, 1.82) is 0 Å². The van der Waals surface area contributed by atoms with Gasteiger partial charge in [-0.1, -0.05) is 11.3 Å². The van der Waals surface area contributed by atoms with Gasteiger partial charge in [0.25, 0.3) is 0 Å². The highest BCUT2D eigenvalue weighted by Gasteiger charge is 2.31. The normalized spacial score (nSPS) is 15.4. The molecule has 0 spiro atoms. The molecule has 3 aromatic rings. The first-order valence-corrected chi connectivity index (χ1v) is 10.1. The van der Waals surface area contributed by atoms with E-state index in [1.165, 1.54) is 35.6 Å². The monoisotopic (exact) mass is 439 g/mol. The summed E-state index contributed by atoms with van der Waals surface area (Å²) in [4.78, 5) is 19.1. The van der Waals surface area contributed by atoms with Crippen molar-refractivity contribution in [2.24, 2.45) is 5.92 Å². The number of amides is 1. The van der Waals surface area contributed by atoms with Gasteiger partial charge < -0.3 is 15.0 Å². The lowest BCUT2D eigenvalue weighted by Gasteiger charge is -2.31. The minimum atomic E-state index is -4.75. The molecule has 4 rings (SSSR count). The Morgan fingerprint density at radius 2 is 1.83 bits per heavy atom. The van der Waals surface area contributed by atoms with Crippen LogP contribution < -0.4 is 15.0 Å². The molecule has 0 radical (unpaired) electrons. The van der Waals surface area contributed by atoms with Crippen molar-refractivity contribution < 1.29 is 27.1 Å². The minimum absolute atomic E-state index is 0.175. The first-order chi connectivity index (χ1) is 14.3. The summed E-state index contributed by atoms with van der Waals surface area (Å²) in [7, 11) is 0. The van der Waals surface area contributed by atoms with Crippen LogP contribution in [-0.4, -0.2) is 30.3 Å². The lowest BCUT2D eigenvalue weighted by molar-refractivity contribution is -0.274. The second-order valence-corrected chi connectivity index (χ2v) is 7.94. The molecule has 10 heteroatoms. The van der Waals surface area contributed by atoms with Crippen LogP contribution in [0.3, 0.4) is 0 Å². The van der Waals surface area contributed by atoms with Crippen LogP contribution in [0.15, 0.2) is 42.5 Å². The average Bonchev–Trinajstić information content (AvgIpc) is 3.11. The molecule has 1 aliphatic rings. The van der Waals surface area contributed by atoms with E-state index in [0.29, 0.717) is 31.6 Å². The Hall–Kier alpha value is -2.88. The van der Waals surface area contributed by atoms with Crippen LogP contribution in [0, 0.1) is 11.7 Å². The first kappa shape index (κ1) is 20.4. The predicted molar refractivity (Wildman–Crippen MR) is 106 cm³/mol. The Balaban J connectivity index is 1.32. The van der Waals surface area contributed by atoms with Gasteiger partial charge in [0.15, 0.2) is 5.13 Å². The number of fused-ring (bicyclic) bond motifs is 1. The van der Waals surface area contributed by atoms with Crippen molar-refractivity contribution in [2.75, 3.05) is 23.3 Å². The number of piperidine rings is 1. The Bertz CT molecular complexity index is 1040. The number of hydrogen-bond donors (Lipinski definition) is 1. The summed E-state index contributed by atoms with van der Waals surface area (Å²) in [6.07, 6.45) is -3.52. The van der Waals surface area contributed by atoms with Crippen LogP contribution >= 0.6 is 11.3 Å². The molecule has 1 N–H and O–H groups in total. The lowest BCUT2D eigenvalue weighted by atomic mass is 9.96. The summed E-state index contributed by atoms with van der Waals surface area (Å²) in [6.45, 7) is 1.28. The Labute approximate surface area is 173 Å². The quantitative estimate of drug-likeness (QED) is 0.569. The van der Waals surface area contributed by atoms with Gasteiger partial charge in [0.1, 0.15) is 11.6 Å². The summed E-state index contributed by atoms with van der Waals surface area (Å²) < 4.78 is 54.6. The van der Waals surface area contributed by atoms with E-state index in [9.17, 15) is 22.4 Å². The molecule has 2 heterocycles. The smallest absolute Gasteiger partial charge is 0.406 e. The zero-order valence-electron chi connectivity index (χ0n) is 15.6. The average molecular weight is 439 g/mol. The van der Waals surface area contributed by atoms with Crippen molar-refractivity contribution in [3.8, 4) is 5.75 Å². The molecule has 0 saturated carbocycles. The number of nitrogens with zero attached hydrogens (tertiary/aromatic N) is 2. The van der Waals surface area contributed by atoms with Gasteiger partial charge in [0.05, 0.1) is 10.2 Å². The van der Waals surface area contributed by atoms with Gasteiger partial charge in [-0.3, -0.25) is 4.79 Å². The number of aromatic nitrogens is 1. The Morgan fingerprint density at radius 1 is 1.13 bits per heavy atom. The zero-order chi connectivity index (χ0) is 21.3. The van der Waals surface area contributed by atoms with E-state index in [1.54, 1.807) is 6.07 Å². The van der Waals surface area contributed by atoms with Crippen LogP contribution in [0.2, 0.25) is 0 Å². The van der Waals surface area contributed by atoms with Gasteiger partial charge in [0.2, 0.25) is 5.91 Å². The predicted octanol–water partition coefficient (Wildman–Crippen LogP) is 5.19. The molecular formula is C20H17F4N3O2S. The molecule has 5 nitrogen and oxygen atoms in total. The third-order valence-corrected chi connectivity index (χ3v) is 5.91. The fourth-order valence-corrected chi connectivity index (χ4v) is 4.38. The number of anilines is 2. The largest absolute Gasteiger partial charge is 0.573 e. The highest BCUT2D eigenvalue weighted by atomic mass is 32.1. The fraction of sp³-hybridized carbons (Fsp3) is 0.300. The van der Waals surface area contributed by atoms with Crippen molar-refractivity contribution >= 4 is 38.3 Å². The Kier molecular flexibility index (Phi) is 5.50. The van der Waals surface area contributed by atoms with Crippen LogP contribution in [0.1, 0.15) is 12.8 Å². The molecule has 0 bridgehead atoms. The SMILES string of the molecule is O=C(Nc1ccc(OC(F)(F)F)cc1)C1CCN(c2nc3ccc(F)cc3s2)CC1. The Morgan fingerprint density at radius 3 is 2.50 bits per heavy atom. The molecule has 1 aliphatic heterocycles. The summed E-state index contributed by atoms with van der Waals surface area (Å²) in [5.41, 5.74) is 1.15. The number of ether oxygens (including phenoxy) is 1. The molecule has 158 valence electrons. The van der Waals surface area contributed by atoms with E-state index in [0.717, 1.165) is 27.5 Å². The zero-order valence-corrected chi connectivity index (χ0v) is 16.4. The number of benzene rings is 2. The van der Waals surface area contributed by atoms with Crippen LogP contribution in [0.4, 0.5) is 28.4 Å². The number of nitrogens with one attached hydrogen (secondary N) is 1. The third-order valence-electron chi connectivity index (χ3n) is 4.83. The summed E-state index contributed by atoms with van der Waals surface area (Å²) in [5, 5.41) is 3.54. The second-order valence-electron chi connectivity index (χ2n) is 6.93. The van der Waals surface area contributed by atoms with Crippen LogP contribution in [0.25, 0.3) is 10.2 Å². The number of rotatable bonds is 4. The third kappa shape index (κ3) is 4.81. The fourth-order valence-electron chi connectivity index (χ4n) is 3.34. The van der Waals surface area contributed by atoms with Crippen molar-refractivity contribution in [2.45, 2.75) is 19.2 Å². The van der Waals surface area contributed by atoms with Crippen LogP contribution in [-0.2, 0) is 4.79 Å². The molecule has 2 aromatic carbocycles. The second kappa shape index (κ2) is 8.10. The summed E-state index contributed by atoms with van der Waals surface area (Å²) >= 11 is 1.42. The van der Waals surface area contributed by atoms with Crippen molar-refractivity contribution in [3.05, 3.63) is 48.3 Å². The minimum Gasteiger partial charge on any atom is -0.406 e. The van der Waals surface area contributed by atoms with Gasteiger partial charge >= 0.3 is 6.36 Å². The number of halogens is 4. The molecule has 0 aliphatic carbocycles. The highest BCUT2D eigenvalue weighted by Crippen LogP contribution is 2.32. The van der Waals surface area contributed by atoms with Crippen molar-refractivity contribution in [1.82, 2.24) is 4.98 Å². The molecule has 0 unspecified atom stereocenters. The number of carbonyl (C=O) groups excluding carboxylic acids is 1. The molecule has 1 fully saturated rings. The van der Waals surface area contributed by atoms with E-state index in [2.05, 4.69) is 19.9 Å². The molecule has 1 saturated heterocycles. The summed E-state index contributed by atoms with van der Waals surface area (Å²) in [6, 6.07) is 9.54. The van der Waals surface area contributed by atoms with E-state index >= 15 is 0 Å². The molecule has 30 heavy (non-hydrogen) atoms. The maximum atomic E-state index is 13.4. The number of thiazole rings is 1. The number of hydrogen-bond acceptors (Lipinski definition) is 5. The first-order valence-electron chi connectivity index (χ1n) is 9.24. The summed E-state index contributed by atoms with van der Waals surface area (Å²) in [5.74, 6) is -1.03. The molecule has 0 atom stereocenters. The van der Waals surface area contributed by atoms with E-state index < -0.39 is 6.36 Å². The maximum absolute atomic E-state index is 13.4. The molecule has 1 aromatic heterocycles. The lowest BCUT2D eigenvalue weighted by Crippen LogP contribution is -2.38. The number of carbonyl (C=O) groups is 1. The standard InChI is InChI=1S/C20H17F4N3O2S/c21-13-1-6-16-17(11-13)30-19(26-16)27-9-7-12(8-10-27)18(28)25-14-2-4-15(5-3-14)29-20(22,23)24/h1-6,11-12H,7-10H2,(H,25,28). The molecular weight excluding hydrogens is 422 g/mol. The highest BCUT2D eigenvalue weighted by molar-refractivity contribution is 7.22. The van der Waals surface area contributed by atoms with Gasteiger partial charge in [-0.25, -0.2) is 9.37 Å². The van der Waals surface area contributed by atoms with Crippen molar-refractivity contribution in [3.63, 3.8) is 0 Å². The van der Waals surface area contributed by atoms with Gasteiger partial charge in [-0.2, -0.15) is 0 Å². The topological polar surface area (TPSA) is 54.5 Å². The van der Waals surface area contributed by atoms with Gasteiger partial charge in [-0.15, -0.1) is 13.2 Å². The molecule has 1 amide bonds.